The largest absolute Gasteiger partial charge is 0.395 e. The molecule has 0 atom stereocenters. The highest BCUT2D eigenvalue weighted by molar-refractivity contribution is 7.98. The van der Waals surface area contributed by atoms with Crippen molar-refractivity contribution in [1.29, 1.82) is 0 Å². The zero-order valence-corrected chi connectivity index (χ0v) is 10.8. The van der Waals surface area contributed by atoms with Crippen LogP contribution in [0.3, 0.4) is 0 Å². The molecule has 0 heterocycles. The van der Waals surface area contributed by atoms with Crippen molar-refractivity contribution in [2.75, 3.05) is 25.2 Å². The first-order valence-corrected chi connectivity index (χ1v) is 6.86. The first-order chi connectivity index (χ1) is 7.68. The minimum atomic E-state index is -0.489. The molecule has 2 N–H and O–H groups in total. The lowest BCUT2D eigenvalue weighted by molar-refractivity contribution is 0.114. The number of hydrogen-bond acceptors (Lipinski definition) is 3. The summed E-state index contributed by atoms with van der Waals surface area (Å²) in [5.41, 5.74) is 1.73. The third kappa shape index (κ3) is 3.00. The van der Waals surface area contributed by atoms with Gasteiger partial charge < -0.3 is 10.2 Å². The van der Waals surface area contributed by atoms with Gasteiger partial charge >= 0.3 is 0 Å². The zero-order chi connectivity index (χ0) is 12.0. The fraction of sp³-hybridized carbons (Fsp3) is 0.538. The van der Waals surface area contributed by atoms with Crippen molar-refractivity contribution < 1.29 is 10.2 Å². The molecule has 1 aromatic rings. The molecule has 0 spiro atoms. The maximum absolute atomic E-state index is 9.56. The van der Waals surface area contributed by atoms with Crippen LogP contribution in [0.15, 0.2) is 24.3 Å². The normalized spacial score (nSPS) is 11.8. The third-order valence-electron chi connectivity index (χ3n) is 3.05. The summed E-state index contributed by atoms with van der Waals surface area (Å²) in [7, 11) is 0. The van der Waals surface area contributed by atoms with Crippen LogP contribution in [0.4, 0.5) is 0 Å². The van der Waals surface area contributed by atoms with Crippen LogP contribution in [0.25, 0.3) is 0 Å². The molecule has 1 aromatic carbocycles. The molecule has 1 rings (SSSR count). The van der Waals surface area contributed by atoms with Gasteiger partial charge in [-0.3, -0.25) is 0 Å². The Bertz CT molecular complexity index is 304. The summed E-state index contributed by atoms with van der Waals surface area (Å²) in [6, 6.07) is 8.05. The summed E-state index contributed by atoms with van der Waals surface area (Å²) in [6.45, 7) is 2.02. The van der Waals surface area contributed by atoms with Gasteiger partial charge in [0.25, 0.3) is 0 Å². The van der Waals surface area contributed by atoms with Crippen LogP contribution in [-0.4, -0.2) is 35.4 Å². The minimum absolute atomic E-state index is 0.00682. The molecule has 0 bridgehead atoms. The molecule has 0 saturated carbocycles. The molecule has 0 unspecified atom stereocenters. The molecule has 0 fully saturated rings. The van der Waals surface area contributed by atoms with Crippen molar-refractivity contribution in [1.82, 2.24) is 0 Å². The minimum Gasteiger partial charge on any atom is -0.395 e. The van der Waals surface area contributed by atoms with Gasteiger partial charge in [0.05, 0.1) is 13.2 Å². The van der Waals surface area contributed by atoms with Gasteiger partial charge in [-0.15, -0.1) is 0 Å². The van der Waals surface area contributed by atoms with E-state index in [-0.39, 0.29) is 13.2 Å². The SMILES string of the molecule is CSCCC(CO)(CO)c1ccc(C)cc1. The van der Waals surface area contributed by atoms with E-state index >= 15 is 0 Å². The summed E-state index contributed by atoms with van der Waals surface area (Å²) in [4.78, 5) is 0. The number of rotatable bonds is 6. The second kappa shape index (κ2) is 6.28. The number of benzene rings is 1. The monoisotopic (exact) mass is 240 g/mol. The van der Waals surface area contributed by atoms with Crippen LogP contribution >= 0.6 is 11.8 Å². The summed E-state index contributed by atoms with van der Waals surface area (Å²) in [5, 5.41) is 19.1. The van der Waals surface area contributed by atoms with Gasteiger partial charge in [-0.2, -0.15) is 11.8 Å². The molecule has 16 heavy (non-hydrogen) atoms. The Balaban J connectivity index is 2.95. The second-order valence-corrected chi connectivity index (χ2v) is 5.19. The van der Waals surface area contributed by atoms with Gasteiger partial charge in [-0.05, 0) is 30.9 Å². The second-order valence-electron chi connectivity index (χ2n) is 4.21. The lowest BCUT2D eigenvalue weighted by Crippen LogP contribution is -2.35. The molecule has 0 aromatic heterocycles. The molecule has 90 valence electrons. The fourth-order valence-electron chi connectivity index (χ4n) is 1.74. The van der Waals surface area contributed by atoms with Crippen LogP contribution in [0, 0.1) is 6.92 Å². The summed E-state index contributed by atoms with van der Waals surface area (Å²) < 4.78 is 0. The average Bonchev–Trinajstić information content (AvgIpc) is 2.33. The maximum Gasteiger partial charge on any atom is 0.0550 e. The van der Waals surface area contributed by atoms with Crippen LogP contribution in [0.5, 0.6) is 0 Å². The molecule has 0 aliphatic carbocycles. The van der Waals surface area contributed by atoms with Crippen molar-refractivity contribution in [3.63, 3.8) is 0 Å². The number of aryl methyl sites for hydroxylation is 1. The number of aliphatic hydroxyl groups is 2. The van der Waals surface area contributed by atoms with E-state index < -0.39 is 5.41 Å². The Morgan fingerprint density at radius 3 is 2.12 bits per heavy atom. The average molecular weight is 240 g/mol. The van der Waals surface area contributed by atoms with E-state index in [1.165, 1.54) is 5.56 Å². The van der Waals surface area contributed by atoms with Crippen LogP contribution in [-0.2, 0) is 5.41 Å². The fourth-order valence-corrected chi connectivity index (χ4v) is 2.33. The zero-order valence-electron chi connectivity index (χ0n) is 9.94. The predicted molar refractivity (Wildman–Crippen MR) is 70.0 cm³/mol. The van der Waals surface area contributed by atoms with Crippen molar-refractivity contribution in [2.45, 2.75) is 18.8 Å². The van der Waals surface area contributed by atoms with E-state index in [4.69, 9.17) is 0 Å². The van der Waals surface area contributed by atoms with Gasteiger partial charge in [0, 0.05) is 5.41 Å². The highest BCUT2D eigenvalue weighted by Gasteiger charge is 2.30. The molecule has 0 radical (unpaired) electrons. The Morgan fingerprint density at radius 2 is 1.69 bits per heavy atom. The summed E-state index contributed by atoms with van der Waals surface area (Å²) in [5.74, 6) is 0.939. The van der Waals surface area contributed by atoms with Gasteiger partial charge in [-0.1, -0.05) is 29.8 Å². The number of hydrogen-bond donors (Lipinski definition) is 2. The molecule has 0 aliphatic heterocycles. The quantitative estimate of drug-likeness (QED) is 0.798. The number of thioether (sulfide) groups is 1. The first kappa shape index (κ1) is 13.6. The summed E-state index contributed by atoms with van der Waals surface area (Å²) in [6.07, 6.45) is 2.83. The van der Waals surface area contributed by atoms with Crippen LogP contribution < -0.4 is 0 Å². The molecule has 0 aliphatic rings. The Kier molecular flexibility index (Phi) is 5.32. The van der Waals surface area contributed by atoms with E-state index in [0.717, 1.165) is 17.7 Å². The molecular formula is C13H20O2S. The van der Waals surface area contributed by atoms with E-state index in [1.807, 2.05) is 37.4 Å². The molecule has 0 amide bonds. The van der Waals surface area contributed by atoms with Crippen molar-refractivity contribution in [3.8, 4) is 0 Å². The predicted octanol–water partition coefficient (Wildman–Crippen LogP) is 1.97. The van der Waals surface area contributed by atoms with Crippen molar-refractivity contribution in [3.05, 3.63) is 35.4 Å². The van der Waals surface area contributed by atoms with E-state index in [9.17, 15) is 10.2 Å². The maximum atomic E-state index is 9.56. The third-order valence-corrected chi connectivity index (χ3v) is 3.67. The van der Waals surface area contributed by atoms with E-state index in [1.54, 1.807) is 11.8 Å². The van der Waals surface area contributed by atoms with Gasteiger partial charge in [0.2, 0.25) is 0 Å². The van der Waals surface area contributed by atoms with Crippen molar-refractivity contribution >= 4 is 11.8 Å². The molecular weight excluding hydrogens is 220 g/mol. The Hall–Kier alpha value is -0.510. The van der Waals surface area contributed by atoms with Crippen molar-refractivity contribution in [2.24, 2.45) is 0 Å². The Labute approximate surface area is 102 Å². The standard InChI is InChI=1S/C13H20O2S/c1-11-3-5-12(6-4-11)13(9-14,10-15)7-8-16-2/h3-6,14-15H,7-10H2,1-2H3. The van der Waals surface area contributed by atoms with Gasteiger partial charge in [0.15, 0.2) is 0 Å². The summed E-state index contributed by atoms with van der Waals surface area (Å²) >= 11 is 1.73. The highest BCUT2D eigenvalue weighted by Crippen LogP contribution is 2.28. The van der Waals surface area contributed by atoms with Crippen LogP contribution in [0.1, 0.15) is 17.5 Å². The van der Waals surface area contributed by atoms with Crippen LogP contribution in [0.2, 0.25) is 0 Å². The lowest BCUT2D eigenvalue weighted by atomic mass is 9.79. The molecule has 0 saturated heterocycles. The highest BCUT2D eigenvalue weighted by atomic mass is 32.2. The van der Waals surface area contributed by atoms with E-state index in [0.29, 0.717) is 0 Å². The Morgan fingerprint density at radius 1 is 1.12 bits per heavy atom. The molecule has 2 nitrogen and oxygen atoms in total. The molecule has 3 heteroatoms. The van der Waals surface area contributed by atoms with Gasteiger partial charge in [0.1, 0.15) is 0 Å². The lowest BCUT2D eigenvalue weighted by Gasteiger charge is -2.30. The van der Waals surface area contributed by atoms with Gasteiger partial charge in [-0.25, -0.2) is 0 Å². The topological polar surface area (TPSA) is 40.5 Å². The first-order valence-electron chi connectivity index (χ1n) is 5.46. The number of aliphatic hydroxyl groups excluding tert-OH is 2. The van der Waals surface area contributed by atoms with E-state index in [2.05, 4.69) is 0 Å². The smallest absolute Gasteiger partial charge is 0.0550 e.